The summed E-state index contributed by atoms with van der Waals surface area (Å²) in [6, 6.07) is 13.8. The largest absolute Gasteiger partial charge is 0.462 e. The van der Waals surface area contributed by atoms with E-state index in [9.17, 15) is 4.79 Å². The second-order valence-electron chi connectivity index (χ2n) is 6.17. The highest BCUT2D eigenvalue weighted by molar-refractivity contribution is 7.80. The first kappa shape index (κ1) is 19.9. The monoisotopic (exact) mass is 370 g/mol. The minimum absolute atomic E-state index is 0.129. The van der Waals surface area contributed by atoms with Gasteiger partial charge in [0.05, 0.1) is 18.2 Å². The SMILES string of the molecule is CCOC(=O)c1ccc(C)c(NC(=S)N[C@H](CC)c2ccccc2C)c1. The molecule has 0 unspecified atom stereocenters. The number of hydrogen-bond donors (Lipinski definition) is 2. The summed E-state index contributed by atoms with van der Waals surface area (Å²) in [5.74, 6) is -0.333. The van der Waals surface area contributed by atoms with Crippen molar-refractivity contribution in [3.8, 4) is 0 Å². The normalized spacial score (nSPS) is 11.5. The second-order valence-corrected chi connectivity index (χ2v) is 6.57. The van der Waals surface area contributed by atoms with Gasteiger partial charge in [-0.25, -0.2) is 4.79 Å². The summed E-state index contributed by atoms with van der Waals surface area (Å²) in [5, 5.41) is 7.12. The van der Waals surface area contributed by atoms with Gasteiger partial charge in [0.1, 0.15) is 0 Å². The Hall–Kier alpha value is -2.40. The van der Waals surface area contributed by atoms with E-state index in [0.717, 1.165) is 17.7 Å². The Labute approximate surface area is 161 Å². The molecule has 26 heavy (non-hydrogen) atoms. The molecule has 0 aliphatic rings. The lowest BCUT2D eigenvalue weighted by molar-refractivity contribution is 0.0526. The minimum Gasteiger partial charge on any atom is -0.462 e. The van der Waals surface area contributed by atoms with Crippen LogP contribution in [0, 0.1) is 13.8 Å². The van der Waals surface area contributed by atoms with Gasteiger partial charge in [-0.3, -0.25) is 0 Å². The molecule has 0 fully saturated rings. The number of ether oxygens (including phenoxy) is 1. The molecule has 0 aliphatic carbocycles. The number of anilines is 1. The van der Waals surface area contributed by atoms with Crippen molar-refractivity contribution in [1.82, 2.24) is 5.32 Å². The standard InChI is InChI=1S/C21H26N2O2S/c1-5-18(17-10-8-7-9-14(17)3)22-21(26)23-19-13-16(12-11-15(19)4)20(24)25-6-2/h7-13,18H,5-6H2,1-4H3,(H2,22,23,26)/t18-/m1/s1. The zero-order valence-corrected chi connectivity index (χ0v) is 16.6. The molecule has 0 spiro atoms. The highest BCUT2D eigenvalue weighted by Crippen LogP contribution is 2.22. The fourth-order valence-electron chi connectivity index (χ4n) is 2.79. The molecule has 138 valence electrons. The molecular weight excluding hydrogens is 344 g/mol. The van der Waals surface area contributed by atoms with Gasteiger partial charge in [-0.05, 0) is 68.2 Å². The Kier molecular flexibility index (Phi) is 7.16. The highest BCUT2D eigenvalue weighted by atomic mass is 32.1. The molecule has 0 radical (unpaired) electrons. The Morgan fingerprint density at radius 1 is 1.12 bits per heavy atom. The molecule has 0 aromatic heterocycles. The molecule has 0 saturated carbocycles. The van der Waals surface area contributed by atoms with Gasteiger partial charge in [0, 0.05) is 5.69 Å². The predicted octanol–water partition coefficient (Wildman–Crippen LogP) is 4.92. The van der Waals surface area contributed by atoms with E-state index < -0.39 is 0 Å². The van der Waals surface area contributed by atoms with Gasteiger partial charge in [0.25, 0.3) is 0 Å². The van der Waals surface area contributed by atoms with E-state index in [1.807, 2.05) is 25.1 Å². The van der Waals surface area contributed by atoms with Gasteiger partial charge in [0.2, 0.25) is 0 Å². The molecule has 2 rings (SSSR count). The quantitative estimate of drug-likeness (QED) is 0.558. The molecular formula is C21H26N2O2S. The molecule has 0 bridgehead atoms. The van der Waals surface area contributed by atoms with E-state index in [2.05, 4.69) is 36.6 Å². The summed E-state index contributed by atoms with van der Waals surface area (Å²) in [7, 11) is 0. The van der Waals surface area contributed by atoms with E-state index in [1.165, 1.54) is 11.1 Å². The summed E-state index contributed by atoms with van der Waals surface area (Å²) < 4.78 is 5.07. The summed E-state index contributed by atoms with van der Waals surface area (Å²) in [5.41, 5.74) is 4.78. The van der Waals surface area contributed by atoms with Crippen LogP contribution in [0.15, 0.2) is 42.5 Å². The summed E-state index contributed by atoms with van der Waals surface area (Å²) in [4.78, 5) is 11.9. The number of carbonyl (C=O) groups excluding carboxylic acids is 1. The molecule has 0 aliphatic heterocycles. The lowest BCUT2D eigenvalue weighted by atomic mass is 9.99. The third-order valence-corrected chi connectivity index (χ3v) is 4.49. The van der Waals surface area contributed by atoms with Crippen LogP contribution in [-0.2, 0) is 4.74 Å². The van der Waals surface area contributed by atoms with Crippen LogP contribution in [0.5, 0.6) is 0 Å². The lowest BCUT2D eigenvalue weighted by Gasteiger charge is -2.22. The van der Waals surface area contributed by atoms with Crippen molar-refractivity contribution in [1.29, 1.82) is 0 Å². The van der Waals surface area contributed by atoms with Crippen LogP contribution in [-0.4, -0.2) is 17.7 Å². The number of esters is 1. The average molecular weight is 371 g/mol. The van der Waals surface area contributed by atoms with Gasteiger partial charge in [-0.15, -0.1) is 0 Å². The third kappa shape index (κ3) is 5.05. The molecule has 5 heteroatoms. The van der Waals surface area contributed by atoms with E-state index in [0.29, 0.717) is 17.3 Å². The van der Waals surface area contributed by atoms with Crippen LogP contribution in [0.25, 0.3) is 0 Å². The van der Waals surface area contributed by atoms with Crippen molar-refractivity contribution in [2.45, 2.75) is 40.2 Å². The van der Waals surface area contributed by atoms with Crippen molar-refractivity contribution in [3.05, 3.63) is 64.7 Å². The highest BCUT2D eigenvalue weighted by Gasteiger charge is 2.14. The molecule has 2 N–H and O–H groups in total. The van der Waals surface area contributed by atoms with Crippen molar-refractivity contribution >= 4 is 29.0 Å². The first-order chi connectivity index (χ1) is 12.5. The summed E-state index contributed by atoms with van der Waals surface area (Å²) in [6.45, 7) is 8.34. The van der Waals surface area contributed by atoms with Crippen LogP contribution >= 0.6 is 12.2 Å². The number of nitrogens with one attached hydrogen (secondary N) is 2. The molecule has 1 atom stereocenters. The van der Waals surface area contributed by atoms with Crippen LogP contribution in [0.1, 0.15) is 53.4 Å². The number of aryl methyl sites for hydroxylation is 2. The van der Waals surface area contributed by atoms with Crippen LogP contribution < -0.4 is 10.6 Å². The zero-order chi connectivity index (χ0) is 19.1. The number of benzene rings is 2. The summed E-state index contributed by atoms with van der Waals surface area (Å²) >= 11 is 5.50. The van der Waals surface area contributed by atoms with E-state index in [4.69, 9.17) is 17.0 Å². The molecule has 0 amide bonds. The van der Waals surface area contributed by atoms with Crippen LogP contribution in [0.2, 0.25) is 0 Å². The Bertz CT molecular complexity index is 789. The molecule has 4 nitrogen and oxygen atoms in total. The molecule has 2 aromatic rings. The van der Waals surface area contributed by atoms with Gasteiger partial charge in [0.15, 0.2) is 5.11 Å². The fourth-order valence-corrected chi connectivity index (χ4v) is 3.04. The first-order valence-electron chi connectivity index (χ1n) is 8.87. The van der Waals surface area contributed by atoms with Crippen molar-refractivity contribution < 1.29 is 9.53 Å². The molecule has 0 heterocycles. The number of hydrogen-bond acceptors (Lipinski definition) is 3. The van der Waals surface area contributed by atoms with Crippen molar-refractivity contribution in [2.75, 3.05) is 11.9 Å². The van der Waals surface area contributed by atoms with Crippen molar-refractivity contribution in [2.24, 2.45) is 0 Å². The number of carbonyl (C=O) groups is 1. The van der Waals surface area contributed by atoms with Crippen LogP contribution in [0.4, 0.5) is 5.69 Å². The number of thiocarbonyl (C=S) groups is 1. The van der Waals surface area contributed by atoms with Gasteiger partial charge in [-0.2, -0.15) is 0 Å². The van der Waals surface area contributed by atoms with E-state index in [-0.39, 0.29) is 12.0 Å². The Morgan fingerprint density at radius 3 is 2.50 bits per heavy atom. The maximum Gasteiger partial charge on any atom is 0.338 e. The lowest BCUT2D eigenvalue weighted by Crippen LogP contribution is -2.32. The van der Waals surface area contributed by atoms with Gasteiger partial charge in [-0.1, -0.05) is 37.3 Å². The van der Waals surface area contributed by atoms with Gasteiger partial charge >= 0.3 is 5.97 Å². The maximum absolute atomic E-state index is 11.9. The van der Waals surface area contributed by atoms with Crippen molar-refractivity contribution in [3.63, 3.8) is 0 Å². The Balaban J connectivity index is 2.12. The zero-order valence-electron chi connectivity index (χ0n) is 15.8. The van der Waals surface area contributed by atoms with E-state index >= 15 is 0 Å². The topological polar surface area (TPSA) is 50.4 Å². The molecule has 2 aromatic carbocycles. The third-order valence-electron chi connectivity index (χ3n) is 4.27. The number of rotatable bonds is 6. The minimum atomic E-state index is -0.333. The Morgan fingerprint density at radius 2 is 1.85 bits per heavy atom. The maximum atomic E-state index is 11.9. The summed E-state index contributed by atoms with van der Waals surface area (Å²) in [6.07, 6.45) is 0.911. The second kappa shape index (κ2) is 9.34. The predicted molar refractivity (Wildman–Crippen MR) is 111 cm³/mol. The smallest absolute Gasteiger partial charge is 0.338 e. The molecule has 0 saturated heterocycles. The first-order valence-corrected chi connectivity index (χ1v) is 9.27. The average Bonchev–Trinajstić information content (AvgIpc) is 2.62. The van der Waals surface area contributed by atoms with Gasteiger partial charge < -0.3 is 15.4 Å². The van der Waals surface area contributed by atoms with E-state index in [1.54, 1.807) is 19.1 Å². The van der Waals surface area contributed by atoms with Crippen LogP contribution in [0.3, 0.4) is 0 Å². The fraction of sp³-hybridized carbons (Fsp3) is 0.333.